The van der Waals surface area contributed by atoms with Gasteiger partial charge in [0.15, 0.2) is 0 Å². The van der Waals surface area contributed by atoms with E-state index in [9.17, 15) is 0 Å². The number of aryl methyl sites for hydroxylation is 1. The first-order valence-electron chi connectivity index (χ1n) is 5.33. The van der Waals surface area contributed by atoms with Crippen molar-refractivity contribution < 1.29 is 0 Å². The topological polar surface area (TPSA) is 24.4 Å². The molecule has 0 bridgehead atoms. The second-order valence-electron chi connectivity index (χ2n) is 3.84. The summed E-state index contributed by atoms with van der Waals surface area (Å²) in [6, 6.07) is 5.92. The zero-order chi connectivity index (χ0) is 10.7. The highest BCUT2D eigenvalue weighted by Crippen LogP contribution is 2.26. The summed E-state index contributed by atoms with van der Waals surface area (Å²) in [5.41, 5.74) is 2.16. The fourth-order valence-electron chi connectivity index (χ4n) is 1.73. The molecule has 0 fully saturated rings. The Balaban J connectivity index is 2.19. The molecule has 0 saturated heterocycles. The molecule has 0 spiro atoms. The third-order valence-electron chi connectivity index (χ3n) is 2.62. The van der Waals surface area contributed by atoms with Gasteiger partial charge >= 0.3 is 0 Å². The van der Waals surface area contributed by atoms with E-state index in [-0.39, 0.29) is 0 Å². The summed E-state index contributed by atoms with van der Waals surface area (Å²) in [5.74, 6) is 1.07. The lowest BCUT2D eigenvalue weighted by molar-refractivity contribution is 0.737. The molecule has 3 heteroatoms. The smallest absolute Gasteiger partial charge is 0.101 e. The molecule has 1 aromatic rings. The maximum Gasteiger partial charge on any atom is 0.101 e. The highest BCUT2D eigenvalue weighted by Gasteiger charge is 2.08. The van der Waals surface area contributed by atoms with E-state index in [1.165, 1.54) is 12.8 Å². The number of halogens is 1. The summed E-state index contributed by atoms with van der Waals surface area (Å²) >= 11 is 6.13. The second-order valence-corrected chi connectivity index (χ2v) is 4.25. The number of hydrogen-bond donors (Lipinski definition) is 1. The van der Waals surface area contributed by atoms with Crippen LogP contribution < -0.4 is 5.32 Å². The van der Waals surface area contributed by atoms with Crippen molar-refractivity contribution in [2.75, 3.05) is 11.9 Å². The first-order chi connectivity index (χ1) is 7.27. The van der Waals surface area contributed by atoms with Crippen molar-refractivity contribution in [2.24, 2.45) is 4.99 Å². The van der Waals surface area contributed by atoms with Gasteiger partial charge < -0.3 is 5.32 Å². The van der Waals surface area contributed by atoms with Crippen LogP contribution in [0.25, 0.3) is 0 Å². The molecule has 0 saturated carbocycles. The number of hydrogen-bond acceptors (Lipinski definition) is 2. The largest absolute Gasteiger partial charge is 0.343 e. The molecule has 1 aromatic carbocycles. The molecule has 0 radical (unpaired) electrons. The summed E-state index contributed by atoms with van der Waals surface area (Å²) in [4.78, 5) is 4.45. The number of nitrogens with one attached hydrogen (secondary N) is 1. The minimum atomic E-state index is 0.767. The Morgan fingerprint density at radius 1 is 1.33 bits per heavy atom. The maximum absolute atomic E-state index is 6.13. The van der Waals surface area contributed by atoms with Crippen LogP contribution in [-0.2, 0) is 0 Å². The van der Waals surface area contributed by atoms with Crippen molar-refractivity contribution in [1.82, 2.24) is 0 Å². The van der Waals surface area contributed by atoms with Gasteiger partial charge in [0.1, 0.15) is 5.84 Å². The molecule has 80 valence electrons. The van der Waals surface area contributed by atoms with E-state index < -0.39 is 0 Å². The van der Waals surface area contributed by atoms with Gasteiger partial charge in [-0.2, -0.15) is 0 Å². The summed E-state index contributed by atoms with van der Waals surface area (Å²) in [6.45, 7) is 2.99. The van der Waals surface area contributed by atoms with E-state index in [1.807, 2.05) is 12.1 Å². The van der Waals surface area contributed by atoms with Crippen molar-refractivity contribution in [3.8, 4) is 0 Å². The van der Waals surface area contributed by atoms with E-state index in [0.717, 1.165) is 35.1 Å². The van der Waals surface area contributed by atoms with Crippen LogP contribution in [0.5, 0.6) is 0 Å². The van der Waals surface area contributed by atoms with Gasteiger partial charge in [0.2, 0.25) is 0 Å². The lowest BCUT2D eigenvalue weighted by Crippen LogP contribution is -2.16. The Morgan fingerprint density at radius 3 is 2.87 bits per heavy atom. The molecular weight excluding hydrogens is 208 g/mol. The fraction of sp³-hybridized carbons (Fsp3) is 0.417. The van der Waals surface area contributed by atoms with Crippen LogP contribution in [0.2, 0.25) is 5.02 Å². The normalized spacial score (nSPS) is 16.0. The number of rotatable bonds is 1. The van der Waals surface area contributed by atoms with Crippen LogP contribution in [0.15, 0.2) is 23.2 Å². The molecule has 15 heavy (non-hydrogen) atoms. The Kier molecular flexibility index (Phi) is 3.27. The van der Waals surface area contributed by atoms with Crippen molar-refractivity contribution >= 4 is 23.1 Å². The molecule has 0 aromatic heterocycles. The van der Waals surface area contributed by atoms with Crippen molar-refractivity contribution in [3.05, 3.63) is 28.8 Å². The quantitative estimate of drug-likeness (QED) is 0.771. The number of nitrogens with zero attached hydrogens (tertiary/aromatic N) is 1. The number of para-hydroxylation sites is 1. The van der Waals surface area contributed by atoms with Crippen LogP contribution in [0.3, 0.4) is 0 Å². The minimum Gasteiger partial charge on any atom is -0.343 e. The molecule has 1 N–H and O–H groups in total. The third kappa shape index (κ3) is 2.51. The maximum atomic E-state index is 6.13. The average Bonchev–Trinajstić information content (AvgIpc) is 2.25. The molecule has 2 rings (SSSR count). The number of aliphatic imine (C=N–C) groups is 1. The van der Waals surface area contributed by atoms with Crippen molar-refractivity contribution in [3.63, 3.8) is 0 Å². The first kappa shape index (κ1) is 10.5. The lowest BCUT2D eigenvalue weighted by atomic mass is 10.1. The van der Waals surface area contributed by atoms with Crippen LogP contribution in [0.1, 0.15) is 24.8 Å². The summed E-state index contributed by atoms with van der Waals surface area (Å²) in [7, 11) is 0. The van der Waals surface area contributed by atoms with E-state index in [0.29, 0.717) is 0 Å². The Bertz CT molecular complexity index is 365. The van der Waals surface area contributed by atoms with Crippen LogP contribution >= 0.6 is 11.6 Å². The van der Waals surface area contributed by atoms with Gasteiger partial charge in [-0.3, -0.25) is 4.99 Å². The number of amidine groups is 1. The molecule has 2 nitrogen and oxygen atoms in total. The zero-order valence-electron chi connectivity index (χ0n) is 8.89. The summed E-state index contributed by atoms with van der Waals surface area (Å²) in [5, 5.41) is 4.10. The zero-order valence-corrected chi connectivity index (χ0v) is 9.64. The molecule has 0 aliphatic carbocycles. The van der Waals surface area contributed by atoms with Gasteiger partial charge in [0, 0.05) is 13.0 Å². The van der Waals surface area contributed by atoms with Crippen LogP contribution in [0, 0.1) is 6.92 Å². The molecule has 0 amide bonds. The molecule has 0 unspecified atom stereocenters. The average molecular weight is 223 g/mol. The molecule has 1 aliphatic heterocycles. The van der Waals surface area contributed by atoms with Gasteiger partial charge in [0.05, 0.1) is 10.7 Å². The molecule has 0 atom stereocenters. The highest BCUT2D eigenvalue weighted by molar-refractivity contribution is 6.34. The van der Waals surface area contributed by atoms with E-state index >= 15 is 0 Å². The SMILES string of the molecule is Cc1cccc(Cl)c1NC1=NCCCC1. The third-order valence-corrected chi connectivity index (χ3v) is 2.93. The van der Waals surface area contributed by atoms with Crippen LogP contribution in [0.4, 0.5) is 5.69 Å². The Labute approximate surface area is 95.4 Å². The predicted molar refractivity (Wildman–Crippen MR) is 66.0 cm³/mol. The minimum absolute atomic E-state index is 0.767. The van der Waals surface area contributed by atoms with Gasteiger partial charge in [0.25, 0.3) is 0 Å². The van der Waals surface area contributed by atoms with Gasteiger partial charge in [-0.1, -0.05) is 23.7 Å². The van der Waals surface area contributed by atoms with Gasteiger partial charge in [-0.05, 0) is 31.4 Å². The highest BCUT2D eigenvalue weighted by atomic mass is 35.5. The monoisotopic (exact) mass is 222 g/mol. The van der Waals surface area contributed by atoms with E-state index in [2.05, 4.69) is 23.3 Å². The van der Waals surface area contributed by atoms with Gasteiger partial charge in [-0.15, -0.1) is 0 Å². The number of benzene rings is 1. The van der Waals surface area contributed by atoms with Crippen LogP contribution in [-0.4, -0.2) is 12.4 Å². The van der Waals surface area contributed by atoms with Crippen molar-refractivity contribution in [2.45, 2.75) is 26.2 Å². The summed E-state index contributed by atoms with van der Waals surface area (Å²) in [6.07, 6.45) is 3.45. The first-order valence-corrected chi connectivity index (χ1v) is 5.70. The summed E-state index contributed by atoms with van der Waals surface area (Å²) < 4.78 is 0. The fourth-order valence-corrected chi connectivity index (χ4v) is 2.00. The Hall–Kier alpha value is -1.02. The Morgan fingerprint density at radius 2 is 2.20 bits per heavy atom. The van der Waals surface area contributed by atoms with Gasteiger partial charge in [-0.25, -0.2) is 0 Å². The van der Waals surface area contributed by atoms with E-state index in [1.54, 1.807) is 0 Å². The standard InChI is InChI=1S/C12H15ClN2/c1-9-5-4-6-10(13)12(9)15-11-7-2-3-8-14-11/h4-6H,2-3,7-8H2,1H3,(H,14,15). The second kappa shape index (κ2) is 4.67. The van der Waals surface area contributed by atoms with E-state index in [4.69, 9.17) is 11.6 Å². The lowest BCUT2D eigenvalue weighted by Gasteiger charge is -2.16. The molecule has 1 heterocycles. The molecular formula is C12H15ClN2. The van der Waals surface area contributed by atoms with Crippen molar-refractivity contribution in [1.29, 1.82) is 0 Å². The molecule has 1 aliphatic rings. The predicted octanol–water partition coefficient (Wildman–Crippen LogP) is 3.64. The number of anilines is 1.